The number of aromatic nitrogens is 4. The molecule has 3 aromatic rings. The Morgan fingerprint density at radius 1 is 1.11 bits per heavy atom. The summed E-state index contributed by atoms with van der Waals surface area (Å²) in [4.78, 5) is 31.8. The molecule has 1 aliphatic rings. The Morgan fingerprint density at radius 3 is 2.46 bits per heavy atom. The van der Waals surface area contributed by atoms with Crippen LogP contribution in [-0.2, 0) is 30.2 Å². The Balaban J connectivity index is 1.49. The maximum Gasteiger partial charge on any atom is 0.419 e. The zero-order chi connectivity index (χ0) is 26.6. The van der Waals surface area contributed by atoms with Crippen LogP contribution in [0.1, 0.15) is 41.3 Å². The van der Waals surface area contributed by atoms with Gasteiger partial charge in [0.2, 0.25) is 11.9 Å². The van der Waals surface area contributed by atoms with E-state index in [1.54, 1.807) is 35.1 Å². The number of halogens is 3. The number of hydrogen-bond acceptors (Lipinski definition) is 6. The molecule has 0 aliphatic carbocycles. The second-order valence-electron chi connectivity index (χ2n) is 8.80. The van der Waals surface area contributed by atoms with Gasteiger partial charge in [-0.15, -0.1) is 0 Å². The zero-order valence-corrected chi connectivity index (χ0v) is 19.8. The van der Waals surface area contributed by atoms with Crippen molar-refractivity contribution in [3.05, 3.63) is 65.2 Å². The molecule has 13 heteroatoms. The van der Waals surface area contributed by atoms with Gasteiger partial charge < -0.3 is 21.1 Å². The number of piperidine rings is 1. The third kappa shape index (κ3) is 6.54. The predicted octanol–water partition coefficient (Wildman–Crippen LogP) is 3.56. The van der Waals surface area contributed by atoms with Crippen LogP contribution in [0.4, 0.5) is 29.6 Å². The maximum absolute atomic E-state index is 13.7. The molecule has 1 aliphatic heterocycles. The Morgan fingerprint density at radius 2 is 1.81 bits per heavy atom. The fourth-order valence-corrected chi connectivity index (χ4v) is 4.37. The van der Waals surface area contributed by atoms with Gasteiger partial charge in [0.25, 0.3) is 0 Å². The first-order valence-electron chi connectivity index (χ1n) is 11.7. The van der Waals surface area contributed by atoms with Crippen LogP contribution in [0, 0.1) is 0 Å². The van der Waals surface area contributed by atoms with E-state index in [1.807, 2.05) is 0 Å². The van der Waals surface area contributed by atoms with Gasteiger partial charge in [-0.2, -0.15) is 18.3 Å². The molecule has 4 N–H and O–H groups in total. The topological polar surface area (TPSA) is 139 Å². The average Bonchev–Trinajstić information content (AvgIpc) is 3.31. The molecule has 2 aromatic heterocycles. The van der Waals surface area contributed by atoms with E-state index in [-0.39, 0.29) is 36.9 Å². The zero-order valence-electron chi connectivity index (χ0n) is 19.8. The summed E-state index contributed by atoms with van der Waals surface area (Å²) in [6, 6.07) is 6.98. The fraction of sp³-hybridized carbons (Fsp3) is 0.375. The van der Waals surface area contributed by atoms with E-state index in [0.29, 0.717) is 37.2 Å². The summed E-state index contributed by atoms with van der Waals surface area (Å²) in [5.41, 5.74) is 6.08. The van der Waals surface area contributed by atoms with E-state index in [0.717, 1.165) is 11.8 Å². The van der Waals surface area contributed by atoms with Gasteiger partial charge in [-0.05, 0) is 36.8 Å². The van der Waals surface area contributed by atoms with Gasteiger partial charge in [0, 0.05) is 25.5 Å². The molecule has 10 nitrogen and oxygen atoms in total. The van der Waals surface area contributed by atoms with Gasteiger partial charge in [0.15, 0.2) is 0 Å². The number of amides is 2. The summed E-state index contributed by atoms with van der Waals surface area (Å²) in [5.74, 6) is -0.529. The molecule has 1 fully saturated rings. The van der Waals surface area contributed by atoms with E-state index in [1.165, 1.54) is 11.1 Å². The molecule has 0 bridgehead atoms. The summed E-state index contributed by atoms with van der Waals surface area (Å²) >= 11 is 0. The lowest BCUT2D eigenvalue weighted by Gasteiger charge is -2.29. The maximum atomic E-state index is 13.7. The molecular weight excluding hydrogens is 491 g/mol. The number of rotatable bonds is 8. The third-order valence-electron chi connectivity index (χ3n) is 6.25. The molecule has 2 amide bonds. The highest BCUT2D eigenvalue weighted by Gasteiger charge is 2.35. The molecule has 0 atom stereocenters. The minimum absolute atomic E-state index is 0.00178. The molecule has 196 valence electrons. The fourth-order valence-electron chi connectivity index (χ4n) is 4.37. The Bertz CT molecular complexity index is 1270. The van der Waals surface area contributed by atoms with E-state index >= 15 is 0 Å². The monoisotopic (exact) mass is 517 g/mol. The van der Waals surface area contributed by atoms with Crippen molar-refractivity contribution < 1.29 is 27.9 Å². The molecule has 3 heterocycles. The Hall–Kier alpha value is -4.16. The van der Waals surface area contributed by atoms with Crippen LogP contribution in [-0.4, -0.2) is 54.8 Å². The van der Waals surface area contributed by atoms with Crippen molar-refractivity contribution in [3.63, 3.8) is 0 Å². The molecule has 4 rings (SSSR count). The van der Waals surface area contributed by atoms with Crippen molar-refractivity contribution in [1.29, 1.82) is 0 Å². The normalized spacial score (nSPS) is 14.5. The van der Waals surface area contributed by atoms with Crippen LogP contribution < -0.4 is 11.1 Å². The number of carbonyl (C=O) groups excluding carboxylic acids is 1. The Kier molecular flexibility index (Phi) is 7.60. The molecule has 0 spiro atoms. The average molecular weight is 518 g/mol. The molecule has 37 heavy (non-hydrogen) atoms. The van der Waals surface area contributed by atoms with Gasteiger partial charge in [-0.3, -0.25) is 9.48 Å². The number of nitrogens with one attached hydrogen (secondary N) is 1. The quantitative estimate of drug-likeness (QED) is 0.415. The minimum Gasteiger partial charge on any atom is -0.465 e. The standard InChI is InChI=1S/C24H26F3N7O3/c25-24(26,27)19-13-29-22(32-20(19)6-5-15-3-1-2-4-16(15)11-21(28)35)31-17-12-30-34(14-17)18-7-9-33(10-8-18)23(36)37/h1-4,12-14,18H,5-11H2,(H2,28,35)(H,36,37)(H,29,31,32). The number of benzene rings is 1. The summed E-state index contributed by atoms with van der Waals surface area (Å²) in [5, 5.41) is 16.3. The van der Waals surface area contributed by atoms with Crippen molar-refractivity contribution in [2.24, 2.45) is 5.73 Å². The lowest BCUT2D eigenvalue weighted by Crippen LogP contribution is -2.38. The molecule has 1 aromatic carbocycles. The van der Waals surface area contributed by atoms with Crippen molar-refractivity contribution in [1.82, 2.24) is 24.6 Å². The molecule has 0 unspecified atom stereocenters. The number of carbonyl (C=O) groups is 2. The smallest absolute Gasteiger partial charge is 0.419 e. The third-order valence-corrected chi connectivity index (χ3v) is 6.25. The van der Waals surface area contributed by atoms with Crippen LogP contribution in [0.3, 0.4) is 0 Å². The molecular formula is C24H26F3N7O3. The largest absolute Gasteiger partial charge is 0.465 e. The summed E-state index contributed by atoms with van der Waals surface area (Å²) in [7, 11) is 0. The van der Waals surface area contributed by atoms with Crippen LogP contribution in [0.15, 0.2) is 42.9 Å². The van der Waals surface area contributed by atoms with Gasteiger partial charge in [0.1, 0.15) is 0 Å². The number of primary amides is 1. The van der Waals surface area contributed by atoms with Crippen molar-refractivity contribution in [3.8, 4) is 0 Å². The number of carboxylic acid groups (broad SMARTS) is 1. The van der Waals surface area contributed by atoms with E-state index in [2.05, 4.69) is 20.4 Å². The molecule has 1 saturated heterocycles. The van der Waals surface area contributed by atoms with Crippen LogP contribution in [0.5, 0.6) is 0 Å². The highest BCUT2D eigenvalue weighted by Crippen LogP contribution is 2.32. The first-order valence-corrected chi connectivity index (χ1v) is 11.7. The first kappa shape index (κ1) is 25.9. The number of aryl methyl sites for hydroxylation is 2. The van der Waals surface area contributed by atoms with E-state index < -0.39 is 23.7 Å². The van der Waals surface area contributed by atoms with Crippen LogP contribution in [0.2, 0.25) is 0 Å². The number of likely N-dealkylation sites (tertiary alicyclic amines) is 1. The number of nitrogens with two attached hydrogens (primary N) is 1. The van der Waals surface area contributed by atoms with E-state index in [9.17, 15) is 22.8 Å². The van der Waals surface area contributed by atoms with Crippen LogP contribution in [0.25, 0.3) is 0 Å². The summed E-state index contributed by atoms with van der Waals surface area (Å²) in [6.45, 7) is 0.799. The molecule has 0 saturated carbocycles. The predicted molar refractivity (Wildman–Crippen MR) is 127 cm³/mol. The number of nitrogens with zero attached hydrogens (tertiary/aromatic N) is 5. The summed E-state index contributed by atoms with van der Waals surface area (Å²) < 4.78 is 42.7. The number of anilines is 2. The minimum atomic E-state index is -4.63. The SMILES string of the molecule is NC(=O)Cc1ccccc1CCc1nc(Nc2cnn(C3CCN(C(=O)O)CC3)c2)ncc1C(F)(F)F. The highest BCUT2D eigenvalue weighted by atomic mass is 19.4. The second-order valence-corrected chi connectivity index (χ2v) is 8.80. The van der Waals surface area contributed by atoms with Crippen molar-refractivity contribution in [2.45, 2.75) is 44.3 Å². The van der Waals surface area contributed by atoms with Crippen molar-refractivity contribution in [2.75, 3.05) is 18.4 Å². The number of hydrogen-bond donors (Lipinski definition) is 3. The highest BCUT2D eigenvalue weighted by molar-refractivity contribution is 5.77. The first-order chi connectivity index (χ1) is 17.6. The lowest BCUT2D eigenvalue weighted by atomic mass is 9.98. The van der Waals surface area contributed by atoms with Gasteiger partial charge in [-0.1, -0.05) is 24.3 Å². The second kappa shape index (κ2) is 10.8. The van der Waals surface area contributed by atoms with Gasteiger partial charge in [-0.25, -0.2) is 14.8 Å². The van der Waals surface area contributed by atoms with Crippen molar-refractivity contribution >= 4 is 23.6 Å². The van der Waals surface area contributed by atoms with Gasteiger partial charge in [0.05, 0.1) is 35.6 Å². The summed E-state index contributed by atoms with van der Waals surface area (Å²) in [6.07, 6.45) is -0.198. The molecule has 0 radical (unpaired) electrons. The number of alkyl halides is 3. The van der Waals surface area contributed by atoms with Crippen LogP contribution >= 0.6 is 0 Å². The van der Waals surface area contributed by atoms with E-state index in [4.69, 9.17) is 10.8 Å². The lowest BCUT2D eigenvalue weighted by molar-refractivity contribution is -0.138. The van der Waals surface area contributed by atoms with Gasteiger partial charge >= 0.3 is 12.3 Å². The Labute approximate surface area is 210 Å².